The summed E-state index contributed by atoms with van der Waals surface area (Å²) in [4.78, 5) is 21.7. The number of hydrogen-bond donors (Lipinski definition) is 1. The van der Waals surface area contributed by atoms with E-state index < -0.39 is 5.92 Å². The zero-order valence-corrected chi connectivity index (χ0v) is 23.6. The second kappa shape index (κ2) is 16.5. The van der Waals surface area contributed by atoms with Crippen molar-refractivity contribution in [3.8, 4) is 6.07 Å². The molecule has 0 heterocycles. The van der Waals surface area contributed by atoms with E-state index in [0.29, 0.717) is 34.6 Å². The largest absolute Gasteiger partial charge is 0.365 e. The number of nitrogens with zero attached hydrogens (tertiary/aromatic N) is 3. The smallest absolute Gasteiger partial charge is 0.244 e. The van der Waals surface area contributed by atoms with Gasteiger partial charge in [0.1, 0.15) is 6.73 Å². The Balaban J connectivity index is 0.000000757. The molecule has 0 spiro atoms. The molecule has 10 heteroatoms. The summed E-state index contributed by atoms with van der Waals surface area (Å²) in [5.74, 6) is -0.178. The number of halogens is 2. The summed E-state index contributed by atoms with van der Waals surface area (Å²) in [5, 5.41) is 19.0. The summed E-state index contributed by atoms with van der Waals surface area (Å²) in [6.07, 6.45) is 4.19. The Morgan fingerprint density at radius 1 is 1.18 bits per heavy atom. The molecule has 0 radical (unpaired) electrons. The molecule has 0 saturated heterocycles. The lowest BCUT2D eigenvalue weighted by Gasteiger charge is -2.21. The van der Waals surface area contributed by atoms with E-state index in [4.69, 9.17) is 23.2 Å². The van der Waals surface area contributed by atoms with Crippen LogP contribution in [-0.4, -0.2) is 38.6 Å². The van der Waals surface area contributed by atoms with Gasteiger partial charge in [-0.05, 0) is 52.8 Å². The van der Waals surface area contributed by atoms with Crippen LogP contribution in [0.15, 0.2) is 71.8 Å². The Morgan fingerprint density at radius 2 is 1.87 bits per heavy atom. The Morgan fingerprint density at radius 3 is 2.39 bits per heavy atom. The van der Waals surface area contributed by atoms with Crippen LogP contribution in [0.5, 0.6) is 0 Å². The fourth-order valence-electron chi connectivity index (χ4n) is 3.45. The number of ether oxygens (including phenoxy) is 1. The average molecular weight is 572 g/mol. The van der Waals surface area contributed by atoms with Crippen molar-refractivity contribution in [2.45, 2.75) is 18.6 Å². The van der Waals surface area contributed by atoms with Gasteiger partial charge >= 0.3 is 0 Å². The highest BCUT2D eigenvalue weighted by atomic mass is 35.5. The van der Waals surface area contributed by atoms with Gasteiger partial charge in [-0.15, -0.1) is 0 Å². The second-order valence-electron chi connectivity index (χ2n) is 7.79. The van der Waals surface area contributed by atoms with E-state index in [1.807, 2.05) is 54.8 Å². The zero-order valence-electron chi connectivity index (χ0n) is 21.2. The monoisotopic (exact) mass is 570 g/mol. The van der Waals surface area contributed by atoms with Gasteiger partial charge in [-0.3, -0.25) is 9.59 Å². The molecule has 0 aliphatic carbocycles. The van der Waals surface area contributed by atoms with Gasteiger partial charge in [-0.1, -0.05) is 65.7 Å². The normalized spacial score (nSPS) is 11.2. The fraction of sp³-hybridized carbons (Fsp3) is 0.214. The number of methoxy groups -OCH3 is 1. The summed E-state index contributed by atoms with van der Waals surface area (Å²) >= 11 is 14.3. The van der Waals surface area contributed by atoms with Crippen molar-refractivity contribution in [2.24, 2.45) is 5.10 Å². The Hall–Kier alpha value is -3.35. The molecule has 0 saturated carbocycles. The number of nitriles is 1. The molecule has 0 bridgehead atoms. The Kier molecular flexibility index (Phi) is 13.4. The van der Waals surface area contributed by atoms with Crippen LogP contribution >= 0.6 is 35.0 Å². The van der Waals surface area contributed by atoms with Gasteiger partial charge in [0, 0.05) is 29.8 Å². The van der Waals surface area contributed by atoms with Crippen molar-refractivity contribution in [3.05, 3.63) is 99.0 Å². The van der Waals surface area contributed by atoms with Crippen LogP contribution in [0.2, 0.25) is 10.0 Å². The number of rotatable bonds is 10. The van der Waals surface area contributed by atoms with Gasteiger partial charge in [0.05, 0.1) is 23.9 Å². The van der Waals surface area contributed by atoms with E-state index >= 15 is 0 Å². The molecule has 0 aliphatic heterocycles. The third-order valence-corrected chi connectivity index (χ3v) is 6.26. The second-order valence-corrected chi connectivity index (χ2v) is 9.50. The first-order valence-corrected chi connectivity index (χ1v) is 13.5. The predicted molar refractivity (Wildman–Crippen MR) is 156 cm³/mol. The number of carbonyl (C=O) groups is 2. The zero-order chi connectivity index (χ0) is 27.9. The molecule has 38 heavy (non-hydrogen) atoms. The van der Waals surface area contributed by atoms with Crippen LogP contribution in [0.3, 0.4) is 0 Å². The van der Waals surface area contributed by atoms with Crippen LogP contribution in [0.4, 0.5) is 5.69 Å². The van der Waals surface area contributed by atoms with E-state index in [-0.39, 0.29) is 5.91 Å². The van der Waals surface area contributed by atoms with Crippen molar-refractivity contribution in [3.63, 3.8) is 0 Å². The number of hydrogen-bond acceptors (Lipinski definition) is 6. The minimum absolute atomic E-state index is 0.245. The van der Waals surface area contributed by atoms with Gasteiger partial charge in [-0.2, -0.15) is 22.1 Å². The molecular weight excluding hydrogens is 543 g/mol. The molecule has 0 aromatic heterocycles. The number of thioether (sulfide) groups is 1. The highest BCUT2D eigenvalue weighted by molar-refractivity contribution is 7.97. The minimum Gasteiger partial charge on any atom is -0.365 e. The lowest BCUT2D eigenvalue weighted by Crippen LogP contribution is -2.23. The van der Waals surface area contributed by atoms with Crippen LogP contribution < -0.4 is 10.3 Å². The molecule has 3 aromatic carbocycles. The maximum absolute atomic E-state index is 12.4. The number of amides is 2. The van der Waals surface area contributed by atoms with E-state index in [1.54, 1.807) is 36.2 Å². The van der Waals surface area contributed by atoms with E-state index in [2.05, 4.69) is 21.2 Å². The van der Waals surface area contributed by atoms with Crippen molar-refractivity contribution in [1.29, 1.82) is 5.26 Å². The van der Waals surface area contributed by atoms with Gasteiger partial charge in [0.2, 0.25) is 12.3 Å². The maximum Gasteiger partial charge on any atom is 0.244 e. The third-order valence-electron chi connectivity index (χ3n) is 5.10. The summed E-state index contributed by atoms with van der Waals surface area (Å²) in [7, 11) is 1.51. The number of anilines is 1. The molecule has 7 nitrogen and oxygen atoms in total. The van der Waals surface area contributed by atoms with Gasteiger partial charge < -0.3 is 10.1 Å². The highest BCUT2D eigenvalue weighted by Gasteiger charge is 2.23. The van der Waals surface area contributed by atoms with Gasteiger partial charge in [-0.25, -0.2) is 5.01 Å². The quantitative estimate of drug-likeness (QED) is 0.102. The Labute approximate surface area is 237 Å². The lowest BCUT2D eigenvalue weighted by atomic mass is 9.89. The SMILES string of the molecule is COCNC=O.CSCc1cc(N(/N=C/c2ccccc2)C(C)=O)cc(Cl)c1C(C#N)c1ccc(Cl)cc1. The first-order chi connectivity index (χ1) is 18.4. The van der Waals surface area contributed by atoms with Crippen molar-refractivity contribution < 1.29 is 14.3 Å². The molecule has 1 N–H and O–H groups in total. The number of hydrazone groups is 1. The summed E-state index contributed by atoms with van der Waals surface area (Å²) in [6, 6.07) is 22.6. The van der Waals surface area contributed by atoms with Crippen LogP contribution in [0.1, 0.15) is 35.1 Å². The number of benzene rings is 3. The molecule has 0 aliphatic rings. The summed E-state index contributed by atoms with van der Waals surface area (Å²) in [6.45, 7) is 1.74. The van der Waals surface area contributed by atoms with Crippen molar-refractivity contribution in [1.82, 2.24) is 5.32 Å². The average Bonchev–Trinajstić information content (AvgIpc) is 2.91. The predicted octanol–water partition coefficient (Wildman–Crippen LogP) is 6.24. The molecule has 198 valence electrons. The standard InChI is InChI=1S/C25H21Cl2N3OS.C3H7NO2/c1-17(31)30(29-15-18-6-4-3-5-7-18)22-12-20(16-32-2)25(24(27)13-22)23(14-28)19-8-10-21(26)11-9-19;1-6-3-4-2-5/h3-13,15,23H,16H2,1-2H3;2H,3H2,1H3,(H,4,5)/b29-15+;. The van der Waals surface area contributed by atoms with Crippen LogP contribution in [0.25, 0.3) is 0 Å². The van der Waals surface area contributed by atoms with E-state index in [9.17, 15) is 14.9 Å². The minimum atomic E-state index is -0.561. The molecular formula is C28H28Cl2N4O3S. The van der Waals surface area contributed by atoms with E-state index in [0.717, 1.165) is 22.3 Å². The molecule has 2 amide bonds. The van der Waals surface area contributed by atoms with Crippen molar-refractivity contribution >= 4 is 59.2 Å². The van der Waals surface area contributed by atoms with Crippen LogP contribution in [0, 0.1) is 11.3 Å². The molecule has 1 unspecified atom stereocenters. The first kappa shape index (κ1) is 30.9. The summed E-state index contributed by atoms with van der Waals surface area (Å²) < 4.78 is 4.44. The number of carbonyl (C=O) groups excluding carboxylic acids is 2. The fourth-order valence-corrected chi connectivity index (χ4v) is 4.47. The van der Waals surface area contributed by atoms with Crippen molar-refractivity contribution in [2.75, 3.05) is 25.1 Å². The highest BCUT2D eigenvalue weighted by Crippen LogP contribution is 2.38. The molecule has 3 rings (SSSR count). The number of nitrogens with one attached hydrogen (secondary N) is 1. The topological polar surface area (TPSA) is 94.8 Å². The third kappa shape index (κ3) is 9.19. The Bertz CT molecular complexity index is 1270. The molecule has 1 atom stereocenters. The van der Waals surface area contributed by atoms with Gasteiger partial charge in [0.25, 0.3) is 0 Å². The maximum atomic E-state index is 12.4. The molecule has 0 fully saturated rings. The first-order valence-electron chi connectivity index (χ1n) is 11.4. The lowest BCUT2D eigenvalue weighted by molar-refractivity contribution is -0.116. The van der Waals surface area contributed by atoms with Gasteiger partial charge in [0.15, 0.2) is 0 Å². The molecule has 3 aromatic rings. The summed E-state index contributed by atoms with van der Waals surface area (Å²) in [5.41, 5.74) is 3.83. The van der Waals surface area contributed by atoms with Crippen LogP contribution in [-0.2, 0) is 20.1 Å². The van der Waals surface area contributed by atoms with E-state index in [1.165, 1.54) is 19.0 Å².